The molecule has 3 N–H and O–H groups in total. The maximum atomic E-state index is 12.4. The zero-order chi connectivity index (χ0) is 26.5. The number of phosphoric ester groups is 1. The summed E-state index contributed by atoms with van der Waals surface area (Å²) in [4.78, 5) is 26.7. The van der Waals surface area contributed by atoms with Crippen LogP contribution in [0.25, 0.3) is 0 Å². The standard InChI is InChI=1S/C23H38N3O6PS2/c1-7-20(32-18(2)26(6)14-12-22(24)25-17-27)16-31-33(28,29)30-15-13-19-10-8-9-11-21(19)34-35-23(3,4)5/h8-12,14,17-18,20H,7,13,15-16H2,1-6H3,(H,28,29)(H2,24,25,27)/b14-12-. The third-order valence-corrected chi connectivity index (χ3v) is 8.94. The van der Waals surface area contributed by atoms with Gasteiger partial charge in [-0.05, 0) is 37.5 Å². The number of aliphatic imine (C=N–C) groups is 1. The van der Waals surface area contributed by atoms with Gasteiger partial charge in [-0.3, -0.25) is 13.8 Å². The summed E-state index contributed by atoms with van der Waals surface area (Å²) < 4.78 is 28.8. The SMILES string of the molecule is CCC(COP(=O)(O)OCCc1ccccc1SSC(C)(C)C)OC(C)N(C)/C=C\C(N)=NC=O. The van der Waals surface area contributed by atoms with Crippen LogP contribution in [0.2, 0.25) is 0 Å². The van der Waals surface area contributed by atoms with Crippen LogP contribution in [0.1, 0.15) is 46.6 Å². The van der Waals surface area contributed by atoms with E-state index in [1.165, 1.54) is 6.08 Å². The van der Waals surface area contributed by atoms with Gasteiger partial charge >= 0.3 is 7.82 Å². The average Bonchev–Trinajstić information content (AvgIpc) is 2.79. The van der Waals surface area contributed by atoms with Crippen LogP contribution in [0.3, 0.4) is 0 Å². The maximum absolute atomic E-state index is 12.4. The number of ether oxygens (including phenoxy) is 1. The number of carbonyl (C=O) groups is 1. The average molecular weight is 548 g/mol. The molecule has 1 amide bonds. The zero-order valence-corrected chi connectivity index (χ0v) is 23.8. The molecular formula is C23H38N3O6PS2. The van der Waals surface area contributed by atoms with Gasteiger partial charge in [0.15, 0.2) is 0 Å². The first-order valence-electron chi connectivity index (χ1n) is 11.2. The molecule has 0 radical (unpaired) electrons. The van der Waals surface area contributed by atoms with E-state index in [9.17, 15) is 14.3 Å². The normalized spacial score (nSPS) is 16.1. The number of benzene rings is 1. The molecule has 1 aromatic carbocycles. The van der Waals surface area contributed by atoms with E-state index in [2.05, 4.69) is 25.8 Å². The van der Waals surface area contributed by atoms with Gasteiger partial charge in [0, 0.05) is 22.9 Å². The van der Waals surface area contributed by atoms with E-state index in [1.54, 1.807) is 39.7 Å². The number of carbonyl (C=O) groups excluding carboxylic acids is 1. The Hall–Kier alpha value is -1.33. The fourth-order valence-corrected chi connectivity index (χ4v) is 5.50. The van der Waals surface area contributed by atoms with E-state index in [-0.39, 0.29) is 30.0 Å². The number of amides is 1. The van der Waals surface area contributed by atoms with Gasteiger partial charge in [-0.25, -0.2) is 4.57 Å². The summed E-state index contributed by atoms with van der Waals surface area (Å²) in [6, 6.07) is 7.94. The van der Waals surface area contributed by atoms with Gasteiger partial charge in [0.2, 0.25) is 6.41 Å². The Balaban J connectivity index is 2.54. The predicted octanol–water partition coefficient (Wildman–Crippen LogP) is 5.00. The molecule has 0 heterocycles. The molecule has 0 aliphatic rings. The molecule has 3 unspecified atom stereocenters. The van der Waals surface area contributed by atoms with Crippen LogP contribution < -0.4 is 5.73 Å². The Kier molecular flexibility index (Phi) is 14.2. The molecule has 12 heteroatoms. The minimum absolute atomic E-state index is 0.0525. The van der Waals surface area contributed by atoms with Crippen molar-refractivity contribution in [1.29, 1.82) is 0 Å². The van der Waals surface area contributed by atoms with Crippen LogP contribution in [-0.2, 0) is 29.6 Å². The first-order valence-corrected chi connectivity index (χ1v) is 14.9. The van der Waals surface area contributed by atoms with E-state index < -0.39 is 13.9 Å². The second kappa shape index (κ2) is 15.7. The van der Waals surface area contributed by atoms with Crippen LogP contribution >= 0.6 is 29.4 Å². The molecule has 1 aromatic rings. The summed E-state index contributed by atoms with van der Waals surface area (Å²) in [5, 5.41) is 0. The molecule has 35 heavy (non-hydrogen) atoms. The summed E-state index contributed by atoms with van der Waals surface area (Å²) in [6.45, 7) is 10.1. The highest BCUT2D eigenvalue weighted by Crippen LogP contribution is 2.44. The molecule has 3 atom stereocenters. The highest BCUT2D eigenvalue weighted by atomic mass is 33.1. The lowest BCUT2D eigenvalue weighted by Gasteiger charge is -2.28. The van der Waals surface area contributed by atoms with Crippen LogP contribution in [0.4, 0.5) is 0 Å². The molecule has 0 aliphatic heterocycles. The Morgan fingerprint density at radius 3 is 2.63 bits per heavy atom. The van der Waals surface area contributed by atoms with Crippen molar-refractivity contribution in [2.24, 2.45) is 10.7 Å². The van der Waals surface area contributed by atoms with E-state index in [0.29, 0.717) is 19.3 Å². The van der Waals surface area contributed by atoms with Gasteiger partial charge < -0.3 is 20.3 Å². The van der Waals surface area contributed by atoms with Crippen LogP contribution in [-0.4, -0.2) is 59.4 Å². The molecule has 0 spiro atoms. The van der Waals surface area contributed by atoms with Crippen molar-refractivity contribution in [2.75, 3.05) is 20.3 Å². The third-order valence-electron chi connectivity index (χ3n) is 4.50. The topological polar surface area (TPSA) is 124 Å². The molecule has 0 fully saturated rings. The lowest BCUT2D eigenvalue weighted by atomic mass is 10.2. The fraction of sp³-hybridized carbons (Fsp3) is 0.565. The molecule has 0 bridgehead atoms. The molecule has 1 rings (SSSR count). The minimum Gasteiger partial charge on any atom is -0.384 e. The monoisotopic (exact) mass is 547 g/mol. The summed E-state index contributed by atoms with van der Waals surface area (Å²) in [6.07, 6.45) is 3.69. The minimum atomic E-state index is -4.24. The third kappa shape index (κ3) is 14.1. The summed E-state index contributed by atoms with van der Waals surface area (Å²) in [5.74, 6) is 0.0713. The smallest absolute Gasteiger partial charge is 0.384 e. The molecule has 0 aromatic heterocycles. The summed E-state index contributed by atoms with van der Waals surface area (Å²) in [5.41, 5.74) is 6.59. The van der Waals surface area contributed by atoms with E-state index >= 15 is 0 Å². The Morgan fingerprint density at radius 2 is 2.00 bits per heavy atom. The van der Waals surface area contributed by atoms with Gasteiger partial charge in [0.25, 0.3) is 0 Å². The van der Waals surface area contributed by atoms with Gasteiger partial charge in [-0.2, -0.15) is 4.99 Å². The van der Waals surface area contributed by atoms with Gasteiger partial charge in [0.05, 0.1) is 19.3 Å². The van der Waals surface area contributed by atoms with E-state index in [0.717, 1.165) is 10.5 Å². The fourth-order valence-electron chi connectivity index (χ4n) is 2.49. The second-order valence-electron chi connectivity index (χ2n) is 8.64. The maximum Gasteiger partial charge on any atom is 0.472 e. The van der Waals surface area contributed by atoms with E-state index in [4.69, 9.17) is 19.5 Å². The predicted molar refractivity (Wildman–Crippen MR) is 144 cm³/mol. The van der Waals surface area contributed by atoms with Crippen molar-refractivity contribution < 1.29 is 28.0 Å². The number of hydrogen-bond donors (Lipinski definition) is 2. The Bertz CT molecular complexity index is 894. The van der Waals surface area contributed by atoms with Crippen molar-refractivity contribution in [3.05, 3.63) is 42.1 Å². The summed E-state index contributed by atoms with van der Waals surface area (Å²) >= 11 is 0. The molecule has 198 valence electrons. The van der Waals surface area contributed by atoms with Crippen molar-refractivity contribution in [3.63, 3.8) is 0 Å². The van der Waals surface area contributed by atoms with Crippen LogP contribution in [0, 0.1) is 0 Å². The summed E-state index contributed by atoms with van der Waals surface area (Å²) in [7, 11) is 0.978. The molecule has 9 nitrogen and oxygen atoms in total. The van der Waals surface area contributed by atoms with Crippen LogP contribution in [0.15, 0.2) is 46.4 Å². The van der Waals surface area contributed by atoms with Gasteiger partial charge in [-0.1, -0.05) is 67.5 Å². The second-order valence-corrected chi connectivity index (χ2v) is 13.1. The number of rotatable bonds is 16. The zero-order valence-electron chi connectivity index (χ0n) is 21.2. The number of nitrogens with two attached hydrogens (primary N) is 1. The van der Waals surface area contributed by atoms with E-state index in [1.807, 2.05) is 38.1 Å². The molecule has 0 aliphatic carbocycles. The quantitative estimate of drug-likeness (QED) is 0.0729. The molecular weight excluding hydrogens is 509 g/mol. The lowest BCUT2D eigenvalue weighted by Crippen LogP contribution is -2.33. The number of nitrogens with zero attached hydrogens (tertiary/aromatic N) is 2. The van der Waals surface area contributed by atoms with Crippen molar-refractivity contribution in [2.45, 2.75) is 69.4 Å². The van der Waals surface area contributed by atoms with Gasteiger partial charge in [0.1, 0.15) is 12.1 Å². The highest BCUT2D eigenvalue weighted by molar-refractivity contribution is 8.77. The number of hydrogen-bond acceptors (Lipinski definition) is 8. The van der Waals surface area contributed by atoms with Crippen LogP contribution in [0.5, 0.6) is 0 Å². The van der Waals surface area contributed by atoms with Crippen molar-refractivity contribution >= 4 is 41.7 Å². The van der Waals surface area contributed by atoms with Gasteiger partial charge in [-0.15, -0.1) is 0 Å². The molecule has 0 saturated carbocycles. The first-order chi connectivity index (χ1) is 16.4. The van der Waals surface area contributed by atoms with Crippen molar-refractivity contribution in [3.8, 4) is 0 Å². The van der Waals surface area contributed by atoms with Crippen molar-refractivity contribution in [1.82, 2.24) is 4.90 Å². The largest absolute Gasteiger partial charge is 0.472 e. The highest BCUT2D eigenvalue weighted by Gasteiger charge is 2.24. The number of phosphoric acid groups is 1. The first kappa shape index (κ1) is 31.7. The lowest BCUT2D eigenvalue weighted by molar-refractivity contribution is -0.106. The Labute approximate surface area is 216 Å². The number of amidine groups is 1. The molecule has 0 saturated heterocycles. The Morgan fingerprint density at radius 1 is 1.31 bits per heavy atom.